The zero-order valence-electron chi connectivity index (χ0n) is 9.53. The highest BCUT2D eigenvalue weighted by atomic mass is 79.9. The first kappa shape index (κ1) is 13.7. The van der Waals surface area contributed by atoms with E-state index in [0.29, 0.717) is 5.56 Å². The second-order valence-electron chi connectivity index (χ2n) is 3.91. The van der Waals surface area contributed by atoms with E-state index >= 15 is 0 Å². The van der Waals surface area contributed by atoms with Crippen molar-refractivity contribution >= 4 is 27.7 Å². The number of hydrogen-bond acceptors (Lipinski definition) is 3. The fraction of sp³-hybridized carbons (Fsp3) is 0.333. The number of carboxylic acids is 1. The van der Waals surface area contributed by atoms with Gasteiger partial charge < -0.3 is 10.2 Å². The quantitative estimate of drug-likeness (QED) is 0.661. The summed E-state index contributed by atoms with van der Waals surface area (Å²) in [6.45, 7) is 3.51. The third kappa shape index (κ3) is 3.30. The Morgan fingerprint density at radius 1 is 1.35 bits per heavy atom. The van der Waals surface area contributed by atoms with Gasteiger partial charge in [-0.15, -0.1) is 0 Å². The number of carbonyl (C=O) groups excluding carboxylic acids is 1. The average Bonchev–Trinajstić information content (AvgIpc) is 2.22. The monoisotopic (exact) mass is 300 g/mol. The van der Waals surface area contributed by atoms with Gasteiger partial charge in [0, 0.05) is 6.42 Å². The molecule has 1 rings (SSSR count). The van der Waals surface area contributed by atoms with Gasteiger partial charge in [-0.25, -0.2) is 0 Å². The maximum atomic E-state index is 11.8. The fourth-order valence-electron chi connectivity index (χ4n) is 1.53. The number of aryl methyl sites for hydroxylation is 2. The number of aromatic hydroxyl groups is 1. The van der Waals surface area contributed by atoms with E-state index in [-0.39, 0.29) is 17.7 Å². The summed E-state index contributed by atoms with van der Waals surface area (Å²) in [5, 5.41) is 18.5. The van der Waals surface area contributed by atoms with Gasteiger partial charge in [-0.1, -0.05) is 22.0 Å². The molecule has 0 fully saturated rings. The minimum Gasteiger partial charge on any atom is -0.507 e. The molecule has 5 heteroatoms. The molecule has 0 spiro atoms. The van der Waals surface area contributed by atoms with Gasteiger partial charge in [-0.2, -0.15) is 0 Å². The molecule has 0 saturated carbocycles. The van der Waals surface area contributed by atoms with Gasteiger partial charge in [-0.3, -0.25) is 9.59 Å². The molecule has 0 aliphatic carbocycles. The van der Waals surface area contributed by atoms with Crippen LogP contribution in [0.2, 0.25) is 0 Å². The number of rotatable bonds is 4. The molecule has 0 heterocycles. The summed E-state index contributed by atoms with van der Waals surface area (Å²) in [4.78, 5) is 21.5. The van der Waals surface area contributed by atoms with Gasteiger partial charge in [0.2, 0.25) is 0 Å². The standard InChI is InChI=1S/C12H13BrO4/c1-6-3-7(2)11(15)8(4-6)10(14)5-9(13)12(16)17/h3-4,9,15H,5H2,1-2H3,(H,16,17)/t9-/m0/s1. The molecule has 0 radical (unpaired) electrons. The first-order valence-electron chi connectivity index (χ1n) is 5.03. The first-order valence-corrected chi connectivity index (χ1v) is 5.94. The number of carboxylic acid groups (broad SMARTS) is 1. The molecule has 1 aromatic carbocycles. The average molecular weight is 301 g/mol. The molecular formula is C12H13BrO4. The van der Waals surface area contributed by atoms with Crippen molar-refractivity contribution in [1.82, 2.24) is 0 Å². The van der Waals surface area contributed by atoms with Crippen LogP contribution in [-0.2, 0) is 4.79 Å². The number of Topliss-reactive ketones (excluding diaryl/α,β-unsaturated/α-hetero) is 1. The maximum absolute atomic E-state index is 11.8. The van der Waals surface area contributed by atoms with Gasteiger partial charge in [-0.05, 0) is 31.0 Å². The second-order valence-corrected chi connectivity index (χ2v) is 5.02. The molecule has 0 saturated heterocycles. The van der Waals surface area contributed by atoms with Crippen LogP contribution in [0.4, 0.5) is 0 Å². The summed E-state index contributed by atoms with van der Waals surface area (Å²) < 4.78 is 0. The number of ketones is 1. The molecule has 0 aliphatic heterocycles. The Kier molecular flexibility index (Phi) is 4.28. The van der Waals surface area contributed by atoms with E-state index in [4.69, 9.17) is 5.11 Å². The van der Waals surface area contributed by atoms with Crippen molar-refractivity contribution < 1.29 is 19.8 Å². The SMILES string of the molecule is Cc1cc(C)c(O)c(C(=O)C[C@H](Br)C(=O)O)c1. The zero-order chi connectivity index (χ0) is 13.2. The fourth-order valence-corrected chi connectivity index (χ4v) is 1.83. The van der Waals surface area contributed by atoms with E-state index in [2.05, 4.69) is 15.9 Å². The number of phenolic OH excluding ortho intramolecular Hbond substituents is 1. The van der Waals surface area contributed by atoms with Crippen molar-refractivity contribution in [3.05, 3.63) is 28.8 Å². The second kappa shape index (κ2) is 5.31. The third-order valence-corrected chi connectivity index (χ3v) is 3.09. The van der Waals surface area contributed by atoms with Gasteiger partial charge in [0.1, 0.15) is 10.6 Å². The lowest BCUT2D eigenvalue weighted by Crippen LogP contribution is -2.17. The lowest BCUT2D eigenvalue weighted by molar-refractivity contribution is -0.136. The van der Waals surface area contributed by atoms with Crippen molar-refractivity contribution in [2.75, 3.05) is 0 Å². The topological polar surface area (TPSA) is 74.6 Å². The van der Waals surface area contributed by atoms with Crippen molar-refractivity contribution in [2.45, 2.75) is 25.1 Å². The molecule has 17 heavy (non-hydrogen) atoms. The Hall–Kier alpha value is -1.36. The van der Waals surface area contributed by atoms with Crippen LogP contribution in [0.15, 0.2) is 12.1 Å². The molecule has 2 N–H and O–H groups in total. The first-order chi connectivity index (χ1) is 7.82. The van der Waals surface area contributed by atoms with Crippen molar-refractivity contribution in [1.29, 1.82) is 0 Å². The maximum Gasteiger partial charge on any atom is 0.317 e. The summed E-state index contributed by atoms with van der Waals surface area (Å²) in [5.74, 6) is -1.56. The smallest absolute Gasteiger partial charge is 0.317 e. The zero-order valence-corrected chi connectivity index (χ0v) is 11.1. The van der Waals surface area contributed by atoms with E-state index in [1.165, 1.54) is 0 Å². The number of alkyl halides is 1. The van der Waals surface area contributed by atoms with Gasteiger partial charge in [0.15, 0.2) is 5.78 Å². The van der Waals surface area contributed by atoms with Crippen LogP contribution in [-0.4, -0.2) is 26.8 Å². The molecule has 1 aromatic rings. The lowest BCUT2D eigenvalue weighted by Gasteiger charge is -2.09. The highest BCUT2D eigenvalue weighted by molar-refractivity contribution is 9.10. The molecule has 0 aromatic heterocycles. The molecule has 1 atom stereocenters. The normalized spacial score (nSPS) is 12.2. The van der Waals surface area contributed by atoms with Crippen LogP contribution in [0.3, 0.4) is 0 Å². The predicted molar refractivity (Wildman–Crippen MR) is 66.9 cm³/mol. The van der Waals surface area contributed by atoms with Crippen LogP contribution in [0.1, 0.15) is 27.9 Å². The molecule has 0 aliphatic rings. The van der Waals surface area contributed by atoms with Gasteiger partial charge >= 0.3 is 5.97 Å². The van der Waals surface area contributed by atoms with Gasteiger partial charge in [0.25, 0.3) is 0 Å². The van der Waals surface area contributed by atoms with Crippen molar-refractivity contribution in [2.24, 2.45) is 0 Å². The number of hydrogen-bond donors (Lipinski definition) is 2. The van der Waals surface area contributed by atoms with Crippen LogP contribution in [0.25, 0.3) is 0 Å². The molecule has 0 unspecified atom stereocenters. The Labute approximate surface area is 107 Å². The summed E-state index contributed by atoms with van der Waals surface area (Å²) in [6.07, 6.45) is -0.189. The molecule has 92 valence electrons. The minimum absolute atomic E-state index is 0.0781. The Bertz CT molecular complexity index is 468. The Morgan fingerprint density at radius 3 is 2.47 bits per heavy atom. The van der Waals surface area contributed by atoms with E-state index in [1.807, 2.05) is 6.92 Å². The van der Waals surface area contributed by atoms with E-state index in [1.54, 1.807) is 19.1 Å². The van der Waals surface area contributed by atoms with Gasteiger partial charge in [0.05, 0.1) is 5.56 Å². The third-order valence-electron chi connectivity index (χ3n) is 2.38. The minimum atomic E-state index is -1.10. The lowest BCUT2D eigenvalue weighted by atomic mass is 10.00. The molecular weight excluding hydrogens is 288 g/mol. The Morgan fingerprint density at radius 2 is 1.94 bits per heavy atom. The molecule has 0 bridgehead atoms. The summed E-state index contributed by atoms with van der Waals surface area (Å²) >= 11 is 2.90. The molecule has 0 amide bonds. The molecule has 4 nitrogen and oxygen atoms in total. The number of benzene rings is 1. The largest absolute Gasteiger partial charge is 0.507 e. The Balaban J connectivity index is 3.01. The van der Waals surface area contributed by atoms with E-state index in [9.17, 15) is 14.7 Å². The van der Waals surface area contributed by atoms with E-state index in [0.717, 1.165) is 5.56 Å². The summed E-state index contributed by atoms with van der Waals surface area (Å²) in [6, 6.07) is 3.32. The number of halogens is 1. The van der Waals surface area contributed by atoms with Crippen LogP contribution >= 0.6 is 15.9 Å². The van der Waals surface area contributed by atoms with Crippen LogP contribution in [0.5, 0.6) is 5.75 Å². The summed E-state index contributed by atoms with van der Waals surface area (Å²) in [7, 11) is 0. The van der Waals surface area contributed by atoms with Crippen LogP contribution in [0, 0.1) is 13.8 Å². The predicted octanol–water partition coefficient (Wildman–Crippen LogP) is 2.43. The van der Waals surface area contributed by atoms with Crippen molar-refractivity contribution in [3.8, 4) is 5.75 Å². The van der Waals surface area contributed by atoms with Crippen LogP contribution < -0.4 is 0 Å². The van der Waals surface area contributed by atoms with Crippen molar-refractivity contribution in [3.63, 3.8) is 0 Å². The summed E-state index contributed by atoms with van der Waals surface area (Å²) in [5.41, 5.74) is 1.63. The number of phenols is 1. The van der Waals surface area contributed by atoms with E-state index < -0.39 is 16.6 Å². The number of carbonyl (C=O) groups is 2. The highest BCUT2D eigenvalue weighted by Gasteiger charge is 2.21. The number of aliphatic carboxylic acids is 1. The highest BCUT2D eigenvalue weighted by Crippen LogP contribution is 2.26.